The fraction of sp³-hybridized carbons (Fsp3) is 0.600. The summed E-state index contributed by atoms with van der Waals surface area (Å²) in [5, 5.41) is 0. The molecule has 15 heavy (non-hydrogen) atoms. The monoisotopic (exact) mass is 204 g/mol. The lowest BCUT2D eigenvalue weighted by atomic mass is 10.0. The molecule has 0 saturated heterocycles. The normalized spacial score (nSPS) is 21.9. The predicted octanol–water partition coefficient (Wildman–Crippen LogP) is 5.04. The Morgan fingerprint density at radius 1 is 1.40 bits per heavy atom. The van der Waals surface area contributed by atoms with Crippen LogP contribution in [0.25, 0.3) is 0 Å². The second kappa shape index (κ2) is 5.95. The smallest absolute Gasteiger partial charge is 0.0191 e. The molecular weight excluding hydrogens is 180 g/mol. The Bertz CT molecular complexity index is 274. The Labute approximate surface area is 94.8 Å². The van der Waals surface area contributed by atoms with Crippen LogP contribution in [-0.2, 0) is 0 Å². The molecule has 0 amide bonds. The van der Waals surface area contributed by atoms with Gasteiger partial charge in [-0.1, -0.05) is 35.5 Å². The first-order valence-electron chi connectivity index (χ1n) is 6.05. The highest BCUT2D eigenvalue weighted by Gasteiger charge is 2.15. The average Bonchev–Trinajstić information content (AvgIpc) is 2.50. The summed E-state index contributed by atoms with van der Waals surface area (Å²) in [5.41, 5.74) is 4.41. The molecule has 0 aliphatic heterocycles. The van der Waals surface area contributed by atoms with E-state index in [0.29, 0.717) is 0 Å². The number of allylic oxidation sites excluding steroid dienone is 5. The third-order valence-electron chi connectivity index (χ3n) is 3.03. The Hall–Kier alpha value is -0.780. The van der Waals surface area contributed by atoms with Crippen LogP contribution in [0.1, 0.15) is 52.9 Å². The van der Waals surface area contributed by atoms with Crippen LogP contribution in [0.4, 0.5) is 0 Å². The lowest BCUT2D eigenvalue weighted by Gasteiger charge is -2.04. The Balaban J connectivity index is 2.33. The molecule has 1 saturated carbocycles. The van der Waals surface area contributed by atoms with Crippen LogP contribution in [0, 0.1) is 5.92 Å². The van der Waals surface area contributed by atoms with Crippen molar-refractivity contribution in [2.45, 2.75) is 52.9 Å². The van der Waals surface area contributed by atoms with Crippen molar-refractivity contribution >= 4 is 0 Å². The van der Waals surface area contributed by atoms with Gasteiger partial charge < -0.3 is 0 Å². The topological polar surface area (TPSA) is 0 Å². The molecule has 1 aliphatic rings. The van der Waals surface area contributed by atoms with Gasteiger partial charge in [-0.15, -0.1) is 0 Å². The number of hydrogen-bond donors (Lipinski definition) is 0. The zero-order valence-corrected chi connectivity index (χ0v) is 10.5. The molecule has 0 heterocycles. The van der Waals surface area contributed by atoms with E-state index in [4.69, 9.17) is 0 Å². The predicted molar refractivity (Wildman–Crippen MR) is 68.9 cm³/mol. The lowest BCUT2D eigenvalue weighted by Crippen LogP contribution is -1.89. The fourth-order valence-electron chi connectivity index (χ4n) is 2.18. The summed E-state index contributed by atoms with van der Waals surface area (Å²) in [4.78, 5) is 0. The van der Waals surface area contributed by atoms with Crippen LogP contribution in [0.2, 0.25) is 0 Å². The molecule has 0 bridgehead atoms. The molecule has 0 aromatic rings. The van der Waals surface area contributed by atoms with Gasteiger partial charge in [-0.25, -0.2) is 0 Å². The van der Waals surface area contributed by atoms with Crippen LogP contribution in [-0.4, -0.2) is 0 Å². The second-order valence-electron chi connectivity index (χ2n) is 5.09. The zero-order chi connectivity index (χ0) is 11.3. The molecule has 0 aromatic heterocycles. The Morgan fingerprint density at radius 3 is 2.67 bits per heavy atom. The van der Waals surface area contributed by atoms with E-state index in [2.05, 4.69) is 39.5 Å². The van der Waals surface area contributed by atoms with Gasteiger partial charge >= 0.3 is 0 Å². The van der Waals surface area contributed by atoms with Gasteiger partial charge in [0.1, 0.15) is 0 Å². The van der Waals surface area contributed by atoms with Crippen LogP contribution in [0.3, 0.4) is 0 Å². The fourth-order valence-corrected chi connectivity index (χ4v) is 2.18. The van der Waals surface area contributed by atoms with E-state index in [1.165, 1.54) is 43.3 Å². The minimum absolute atomic E-state index is 0.782. The molecule has 1 aliphatic carbocycles. The maximum Gasteiger partial charge on any atom is -0.0191 e. The molecule has 0 heteroatoms. The van der Waals surface area contributed by atoms with Gasteiger partial charge in [-0.3, -0.25) is 0 Å². The van der Waals surface area contributed by atoms with E-state index in [0.717, 1.165) is 5.92 Å². The molecule has 0 nitrogen and oxygen atoms in total. The summed E-state index contributed by atoms with van der Waals surface area (Å²) in [5.74, 6) is 0.782. The van der Waals surface area contributed by atoms with Gasteiger partial charge in [-0.2, -0.15) is 0 Å². The van der Waals surface area contributed by atoms with E-state index in [1.807, 2.05) is 0 Å². The zero-order valence-electron chi connectivity index (χ0n) is 10.5. The second-order valence-corrected chi connectivity index (χ2v) is 5.09. The molecule has 0 N–H and O–H groups in total. The highest BCUT2D eigenvalue weighted by Crippen LogP contribution is 2.30. The number of rotatable bonds is 4. The van der Waals surface area contributed by atoms with E-state index in [-0.39, 0.29) is 0 Å². The van der Waals surface area contributed by atoms with Crippen molar-refractivity contribution in [3.63, 3.8) is 0 Å². The van der Waals surface area contributed by atoms with Crippen LogP contribution < -0.4 is 0 Å². The maximum absolute atomic E-state index is 4.06. The molecule has 84 valence electrons. The number of hydrogen-bond acceptors (Lipinski definition) is 0. The molecule has 0 spiro atoms. The van der Waals surface area contributed by atoms with Crippen LogP contribution >= 0.6 is 0 Å². The third-order valence-corrected chi connectivity index (χ3v) is 3.03. The van der Waals surface area contributed by atoms with Gasteiger partial charge in [0.05, 0.1) is 0 Å². The minimum atomic E-state index is 0.782. The van der Waals surface area contributed by atoms with Crippen molar-refractivity contribution in [2.24, 2.45) is 5.92 Å². The molecule has 1 unspecified atom stereocenters. The first kappa shape index (κ1) is 12.3. The summed E-state index contributed by atoms with van der Waals surface area (Å²) in [6, 6.07) is 0. The summed E-state index contributed by atoms with van der Waals surface area (Å²) >= 11 is 0. The SMILES string of the molecule is C=C1CCC(/C=C(/C)CCC=C(C)C)C1. The van der Waals surface area contributed by atoms with Crippen molar-refractivity contribution in [3.05, 3.63) is 35.5 Å². The first-order chi connectivity index (χ1) is 7.08. The third kappa shape index (κ3) is 5.01. The molecule has 1 fully saturated rings. The van der Waals surface area contributed by atoms with E-state index < -0.39 is 0 Å². The van der Waals surface area contributed by atoms with Crippen molar-refractivity contribution in [1.82, 2.24) is 0 Å². The summed E-state index contributed by atoms with van der Waals surface area (Å²) in [6.07, 6.45) is 11.0. The summed E-state index contributed by atoms with van der Waals surface area (Å²) in [6.45, 7) is 10.7. The first-order valence-corrected chi connectivity index (χ1v) is 6.05. The largest absolute Gasteiger partial charge is 0.0998 e. The van der Waals surface area contributed by atoms with Gasteiger partial charge in [0, 0.05) is 0 Å². The van der Waals surface area contributed by atoms with Crippen LogP contribution in [0.5, 0.6) is 0 Å². The lowest BCUT2D eigenvalue weighted by molar-refractivity contribution is 0.683. The molecule has 0 radical (unpaired) electrons. The van der Waals surface area contributed by atoms with Crippen molar-refractivity contribution in [3.8, 4) is 0 Å². The van der Waals surface area contributed by atoms with Crippen molar-refractivity contribution < 1.29 is 0 Å². The molecule has 1 atom stereocenters. The highest BCUT2D eigenvalue weighted by molar-refractivity contribution is 5.11. The van der Waals surface area contributed by atoms with E-state index in [9.17, 15) is 0 Å². The molecule has 1 rings (SSSR count). The van der Waals surface area contributed by atoms with Crippen molar-refractivity contribution in [2.75, 3.05) is 0 Å². The van der Waals surface area contributed by atoms with Crippen LogP contribution in [0.15, 0.2) is 35.5 Å². The van der Waals surface area contributed by atoms with Gasteiger partial charge in [0.2, 0.25) is 0 Å². The van der Waals surface area contributed by atoms with E-state index >= 15 is 0 Å². The Kier molecular flexibility index (Phi) is 4.87. The summed E-state index contributed by atoms with van der Waals surface area (Å²) < 4.78 is 0. The quantitative estimate of drug-likeness (QED) is 0.563. The van der Waals surface area contributed by atoms with Gasteiger partial charge in [-0.05, 0) is 58.8 Å². The minimum Gasteiger partial charge on any atom is -0.0998 e. The molecular formula is C15H24. The van der Waals surface area contributed by atoms with Gasteiger partial charge in [0.15, 0.2) is 0 Å². The van der Waals surface area contributed by atoms with Gasteiger partial charge in [0.25, 0.3) is 0 Å². The van der Waals surface area contributed by atoms with Crippen molar-refractivity contribution in [1.29, 1.82) is 0 Å². The highest BCUT2D eigenvalue weighted by atomic mass is 14.2. The standard InChI is InChI=1S/C15H24/c1-12(2)6-5-7-13(3)10-15-9-8-14(4)11-15/h6,10,15H,4-5,7-9,11H2,1-3H3/b13-10-. The maximum atomic E-state index is 4.06. The Morgan fingerprint density at radius 2 is 2.13 bits per heavy atom. The molecule has 0 aromatic carbocycles. The van der Waals surface area contributed by atoms with E-state index in [1.54, 1.807) is 5.57 Å². The summed E-state index contributed by atoms with van der Waals surface area (Å²) in [7, 11) is 0. The average molecular weight is 204 g/mol.